The van der Waals surface area contributed by atoms with E-state index in [2.05, 4.69) is 17.2 Å². The van der Waals surface area contributed by atoms with Gasteiger partial charge in [0.2, 0.25) is 5.91 Å². The number of rotatable bonds is 5. The molecule has 2 rings (SSSR count). The fraction of sp³-hybridized carbons (Fsp3) is 0.643. The Bertz CT molecular complexity index is 462. The summed E-state index contributed by atoms with van der Waals surface area (Å²) in [6.07, 6.45) is 8.05. The average Bonchev–Trinajstić information content (AvgIpc) is 2.92. The number of amides is 1. The van der Waals surface area contributed by atoms with Crippen molar-refractivity contribution < 1.29 is 14.7 Å². The van der Waals surface area contributed by atoms with Gasteiger partial charge in [-0.05, 0) is 31.6 Å². The summed E-state index contributed by atoms with van der Waals surface area (Å²) in [5.74, 6) is -0.596. The lowest BCUT2D eigenvalue weighted by Gasteiger charge is -2.36. The monoisotopic (exact) mass is 279 g/mol. The van der Waals surface area contributed by atoms with Crippen molar-refractivity contribution in [3.63, 3.8) is 0 Å². The lowest BCUT2D eigenvalue weighted by Crippen LogP contribution is -2.56. The number of carbonyl (C=O) groups excluding carboxylic acids is 1. The summed E-state index contributed by atoms with van der Waals surface area (Å²) in [6, 6.07) is 0. The van der Waals surface area contributed by atoms with E-state index in [1.54, 1.807) is 23.3 Å². The van der Waals surface area contributed by atoms with Gasteiger partial charge < -0.3 is 15.0 Å². The molecule has 1 saturated carbocycles. The van der Waals surface area contributed by atoms with E-state index in [9.17, 15) is 14.7 Å². The van der Waals surface area contributed by atoms with Gasteiger partial charge in [0.25, 0.3) is 0 Å². The molecule has 2 N–H and O–H groups in total. The van der Waals surface area contributed by atoms with Crippen LogP contribution >= 0.6 is 0 Å². The van der Waals surface area contributed by atoms with Gasteiger partial charge in [0.1, 0.15) is 5.54 Å². The fourth-order valence-corrected chi connectivity index (χ4v) is 2.63. The van der Waals surface area contributed by atoms with Crippen LogP contribution in [-0.4, -0.2) is 32.1 Å². The van der Waals surface area contributed by atoms with Crippen LogP contribution in [0.4, 0.5) is 0 Å². The van der Waals surface area contributed by atoms with E-state index in [1.165, 1.54) is 0 Å². The highest BCUT2D eigenvalue weighted by Crippen LogP contribution is 2.32. The van der Waals surface area contributed by atoms with E-state index in [4.69, 9.17) is 0 Å². The van der Waals surface area contributed by atoms with Crippen LogP contribution in [0.2, 0.25) is 0 Å². The maximum absolute atomic E-state index is 12.0. The van der Waals surface area contributed by atoms with Crippen LogP contribution in [0.5, 0.6) is 0 Å². The number of carbonyl (C=O) groups is 2. The molecule has 0 radical (unpaired) electrons. The summed E-state index contributed by atoms with van der Waals surface area (Å²) in [5, 5.41) is 12.2. The van der Waals surface area contributed by atoms with Crippen molar-refractivity contribution in [3.05, 3.63) is 18.7 Å². The summed E-state index contributed by atoms with van der Waals surface area (Å²) >= 11 is 0. The average molecular weight is 279 g/mol. The molecule has 1 heterocycles. The minimum Gasteiger partial charge on any atom is -0.480 e. The molecule has 1 aliphatic carbocycles. The topological polar surface area (TPSA) is 84.2 Å². The maximum Gasteiger partial charge on any atom is 0.329 e. The zero-order chi connectivity index (χ0) is 14.6. The second-order valence-electron chi connectivity index (χ2n) is 5.67. The Balaban J connectivity index is 1.91. The standard InChI is InChI=1S/C14H21N3O3/c1-11-2-5-14(6-3-11,13(19)20)16-12(18)4-8-17-9-7-15-10-17/h7,9-11H,2-6,8H2,1H3,(H,16,18)(H,19,20). The molecule has 0 aromatic carbocycles. The smallest absolute Gasteiger partial charge is 0.329 e. The molecule has 0 unspecified atom stereocenters. The number of aromatic nitrogens is 2. The number of carboxylic acids is 1. The molecule has 0 bridgehead atoms. The number of hydrogen-bond acceptors (Lipinski definition) is 3. The van der Waals surface area contributed by atoms with Crippen LogP contribution in [0.3, 0.4) is 0 Å². The normalized spacial score (nSPS) is 26.1. The first-order valence-electron chi connectivity index (χ1n) is 7.02. The first-order valence-corrected chi connectivity index (χ1v) is 7.02. The molecule has 1 aliphatic rings. The highest BCUT2D eigenvalue weighted by molar-refractivity contribution is 5.87. The van der Waals surface area contributed by atoms with Crippen LogP contribution in [-0.2, 0) is 16.1 Å². The minimum absolute atomic E-state index is 0.212. The third-order valence-electron chi connectivity index (χ3n) is 4.07. The van der Waals surface area contributed by atoms with Gasteiger partial charge >= 0.3 is 5.97 Å². The fourth-order valence-electron chi connectivity index (χ4n) is 2.63. The van der Waals surface area contributed by atoms with Crippen molar-refractivity contribution in [2.75, 3.05) is 0 Å². The van der Waals surface area contributed by atoms with E-state index in [0.717, 1.165) is 12.8 Å². The summed E-state index contributed by atoms with van der Waals surface area (Å²) in [4.78, 5) is 27.4. The third-order valence-corrected chi connectivity index (χ3v) is 4.07. The lowest BCUT2D eigenvalue weighted by atomic mass is 9.77. The number of imidazole rings is 1. The van der Waals surface area contributed by atoms with Crippen LogP contribution in [0.15, 0.2) is 18.7 Å². The molecule has 1 amide bonds. The largest absolute Gasteiger partial charge is 0.480 e. The highest BCUT2D eigenvalue weighted by Gasteiger charge is 2.42. The SMILES string of the molecule is CC1CCC(NC(=O)CCn2ccnc2)(C(=O)O)CC1. The number of carboxylic acid groups (broad SMARTS) is 1. The lowest BCUT2D eigenvalue weighted by molar-refractivity contribution is -0.149. The first-order chi connectivity index (χ1) is 9.52. The molecule has 0 aliphatic heterocycles. The molecular weight excluding hydrogens is 258 g/mol. The van der Waals surface area contributed by atoms with E-state index >= 15 is 0 Å². The molecule has 1 aromatic rings. The minimum atomic E-state index is -1.07. The van der Waals surface area contributed by atoms with Crippen molar-refractivity contribution in [1.82, 2.24) is 14.9 Å². The highest BCUT2D eigenvalue weighted by atomic mass is 16.4. The first kappa shape index (κ1) is 14.6. The number of nitrogens with one attached hydrogen (secondary N) is 1. The van der Waals surface area contributed by atoms with Crippen molar-refractivity contribution in [1.29, 1.82) is 0 Å². The second-order valence-corrected chi connectivity index (χ2v) is 5.67. The van der Waals surface area contributed by atoms with Gasteiger partial charge in [0.15, 0.2) is 0 Å². The molecule has 0 saturated heterocycles. The van der Waals surface area contributed by atoms with Gasteiger partial charge in [0, 0.05) is 25.4 Å². The molecule has 20 heavy (non-hydrogen) atoms. The Morgan fingerprint density at radius 2 is 2.15 bits per heavy atom. The van der Waals surface area contributed by atoms with E-state index in [1.807, 2.05) is 0 Å². The molecule has 110 valence electrons. The number of aryl methyl sites for hydroxylation is 1. The van der Waals surface area contributed by atoms with Gasteiger partial charge in [-0.3, -0.25) is 4.79 Å². The molecule has 0 atom stereocenters. The Hall–Kier alpha value is -1.85. The van der Waals surface area contributed by atoms with Gasteiger partial charge in [-0.1, -0.05) is 6.92 Å². The third kappa shape index (κ3) is 3.37. The predicted octanol–water partition coefficient (Wildman–Crippen LogP) is 1.42. The second kappa shape index (κ2) is 6.07. The number of nitrogens with zero attached hydrogens (tertiary/aromatic N) is 2. The molecule has 0 spiro atoms. The predicted molar refractivity (Wildman–Crippen MR) is 73.0 cm³/mol. The zero-order valence-electron chi connectivity index (χ0n) is 11.7. The Labute approximate surface area is 118 Å². The van der Waals surface area contributed by atoms with Crippen LogP contribution in [0.25, 0.3) is 0 Å². The van der Waals surface area contributed by atoms with E-state index < -0.39 is 11.5 Å². The number of hydrogen-bond donors (Lipinski definition) is 2. The van der Waals surface area contributed by atoms with Crippen LogP contribution in [0.1, 0.15) is 39.0 Å². The van der Waals surface area contributed by atoms with Gasteiger partial charge in [-0.2, -0.15) is 0 Å². The molecule has 6 nitrogen and oxygen atoms in total. The van der Waals surface area contributed by atoms with E-state index in [-0.39, 0.29) is 12.3 Å². The Kier molecular flexibility index (Phi) is 4.42. The maximum atomic E-state index is 12.0. The van der Waals surface area contributed by atoms with Crippen molar-refractivity contribution in [2.24, 2.45) is 5.92 Å². The van der Waals surface area contributed by atoms with Gasteiger partial charge in [-0.25, -0.2) is 9.78 Å². The summed E-state index contributed by atoms with van der Waals surface area (Å²) in [6.45, 7) is 2.63. The number of aliphatic carboxylic acids is 1. The molecular formula is C14H21N3O3. The summed E-state index contributed by atoms with van der Waals surface area (Å²) in [5.41, 5.74) is -1.07. The van der Waals surface area contributed by atoms with Crippen molar-refractivity contribution >= 4 is 11.9 Å². The van der Waals surface area contributed by atoms with Gasteiger partial charge in [-0.15, -0.1) is 0 Å². The summed E-state index contributed by atoms with van der Waals surface area (Å²) < 4.78 is 1.80. The Morgan fingerprint density at radius 1 is 1.45 bits per heavy atom. The van der Waals surface area contributed by atoms with Crippen LogP contribution in [0, 0.1) is 5.92 Å². The molecule has 1 fully saturated rings. The molecule has 6 heteroatoms. The molecule has 1 aromatic heterocycles. The van der Waals surface area contributed by atoms with Crippen molar-refractivity contribution in [2.45, 2.75) is 51.1 Å². The van der Waals surface area contributed by atoms with Crippen LogP contribution < -0.4 is 5.32 Å². The quantitative estimate of drug-likeness (QED) is 0.853. The van der Waals surface area contributed by atoms with Crippen molar-refractivity contribution in [3.8, 4) is 0 Å². The van der Waals surface area contributed by atoms with E-state index in [0.29, 0.717) is 25.3 Å². The zero-order valence-corrected chi connectivity index (χ0v) is 11.7. The van der Waals surface area contributed by atoms with Gasteiger partial charge in [0.05, 0.1) is 6.33 Å². The summed E-state index contributed by atoms with van der Waals surface area (Å²) in [7, 11) is 0. The Morgan fingerprint density at radius 3 is 2.70 bits per heavy atom.